The van der Waals surface area contributed by atoms with Gasteiger partial charge in [-0.15, -0.1) is 0 Å². The first-order chi connectivity index (χ1) is 14.4. The average molecular weight is 414 g/mol. The van der Waals surface area contributed by atoms with Crippen LogP contribution < -0.4 is 14.8 Å². The van der Waals surface area contributed by atoms with Crippen LogP contribution in [0.1, 0.15) is 35.6 Å². The van der Waals surface area contributed by atoms with E-state index >= 15 is 0 Å². The molecule has 0 spiro atoms. The van der Waals surface area contributed by atoms with Gasteiger partial charge in [0, 0.05) is 23.5 Å². The van der Waals surface area contributed by atoms with Crippen molar-refractivity contribution < 1.29 is 19.1 Å². The number of hydrogen-bond donors (Lipinski definition) is 1. The minimum absolute atomic E-state index is 0.0201. The maximum absolute atomic E-state index is 13.0. The number of Topliss-reactive ketones (excluding diaryl/α,β-unsaturated/α-hetero) is 1. The molecule has 0 unspecified atom stereocenters. The molecule has 2 aromatic rings. The molecule has 162 valence electrons. The molecule has 7 heteroatoms. The van der Waals surface area contributed by atoms with Crippen LogP contribution in [-0.4, -0.2) is 60.0 Å². The van der Waals surface area contributed by atoms with Crippen molar-refractivity contribution in [2.24, 2.45) is 0 Å². The highest BCUT2D eigenvalue weighted by atomic mass is 16.6. The highest BCUT2D eigenvalue weighted by Gasteiger charge is 2.24. The lowest BCUT2D eigenvalue weighted by Crippen LogP contribution is -2.39. The quantitative estimate of drug-likeness (QED) is 0.640. The number of rotatable bonds is 9. The summed E-state index contributed by atoms with van der Waals surface area (Å²) in [7, 11) is 0. The van der Waals surface area contributed by atoms with E-state index in [1.54, 1.807) is 0 Å². The first-order valence-electron chi connectivity index (χ1n) is 10.5. The monoisotopic (exact) mass is 413 g/mol. The topological polar surface area (TPSA) is 72.8 Å². The number of amides is 1. The second-order valence-corrected chi connectivity index (χ2v) is 7.57. The number of nitrogens with one attached hydrogen (secondary N) is 1. The molecule has 1 amide bonds. The zero-order valence-electron chi connectivity index (χ0n) is 18.2. The Labute approximate surface area is 178 Å². The van der Waals surface area contributed by atoms with Gasteiger partial charge in [-0.1, -0.05) is 19.1 Å². The van der Waals surface area contributed by atoms with E-state index in [2.05, 4.69) is 9.88 Å². The Morgan fingerprint density at radius 3 is 2.60 bits per heavy atom. The van der Waals surface area contributed by atoms with E-state index in [9.17, 15) is 9.59 Å². The van der Waals surface area contributed by atoms with E-state index in [0.29, 0.717) is 31.8 Å². The van der Waals surface area contributed by atoms with Gasteiger partial charge in [0.15, 0.2) is 23.4 Å². The van der Waals surface area contributed by atoms with Crippen LogP contribution in [0.3, 0.4) is 0 Å². The van der Waals surface area contributed by atoms with Gasteiger partial charge in [0.05, 0.1) is 19.6 Å². The van der Waals surface area contributed by atoms with Crippen molar-refractivity contribution in [3.63, 3.8) is 0 Å². The fourth-order valence-electron chi connectivity index (χ4n) is 3.74. The zero-order chi connectivity index (χ0) is 21.7. The van der Waals surface area contributed by atoms with Crippen LogP contribution in [0.4, 0.5) is 0 Å². The number of aromatic nitrogens is 1. The number of fused-ring (bicyclic) bond motifs is 1. The van der Waals surface area contributed by atoms with E-state index in [-0.39, 0.29) is 30.9 Å². The van der Waals surface area contributed by atoms with Gasteiger partial charge in [-0.3, -0.25) is 14.5 Å². The first-order valence-corrected chi connectivity index (χ1v) is 10.5. The number of para-hydroxylation sites is 2. The third-order valence-electron chi connectivity index (χ3n) is 5.38. The lowest BCUT2D eigenvalue weighted by molar-refractivity contribution is -0.121. The number of carbonyl (C=O) groups is 2. The van der Waals surface area contributed by atoms with Crippen LogP contribution in [0.5, 0.6) is 11.5 Å². The molecule has 0 radical (unpaired) electrons. The van der Waals surface area contributed by atoms with E-state index in [0.717, 1.165) is 22.9 Å². The molecule has 0 fully saturated rings. The SMILES string of the molecule is CCNC(=O)CN(CC)CC(=O)c1cc(C)n(C[C@H]2COc3ccccc3O2)c1C. The van der Waals surface area contributed by atoms with Gasteiger partial charge < -0.3 is 19.4 Å². The van der Waals surface area contributed by atoms with Crippen molar-refractivity contribution >= 4 is 11.7 Å². The van der Waals surface area contributed by atoms with Crippen molar-refractivity contribution in [1.29, 1.82) is 0 Å². The molecular formula is C23H31N3O4. The first kappa shape index (κ1) is 21.9. The third-order valence-corrected chi connectivity index (χ3v) is 5.38. The van der Waals surface area contributed by atoms with Gasteiger partial charge >= 0.3 is 0 Å². The molecule has 7 nitrogen and oxygen atoms in total. The van der Waals surface area contributed by atoms with Gasteiger partial charge in [-0.25, -0.2) is 0 Å². The number of carbonyl (C=O) groups excluding carboxylic acids is 2. The highest BCUT2D eigenvalue weighted by molar-refractivity contribution is 5.99. The summed E-state index contributed by atoms with van der Waals surface area (Å²) < 4.78 is 14.0. The molecule has 2 heterocycles. The Hall–Kier alpha value is -2.80. The summed E-state index contributed by atoms with van der Waals surface area (Å²) in [4.78, 5) is 26.7. The summed E-state index contributed by atoms with van der Waals surface area (Å²) in [5, 5.41) is 2.78. The summed E-state index contributed by atoms with van der Waals surface area (Å²) in [5.41, 5.74) is 2.61. The molecular weight excluding hydrogens is 382 g/mol. The number of ether oxygens (including phenoxy) is 2. The lowest BCUT2D eigenvalue weighted by Gasteiger charge is -2.27. The average Bonchev–Trinajstić information content (AvgIpc) is 3.01. The molecule has 0 aliphatic carbocycles. The summed E-state index contributed by atoms with van der Waals surface area (Å²) in [6.07, 6.45) is -0.127. The van der Waals surface area contributed by atoms with Crippen molar-refractivity contribution in [2.75, 3.05) is 32.8 Å². The van der Waals surface area contributed by atoms with Crippen LogP contribution in [-0.2, 0) is 11.3 Å². The second-order valence-electron chi connectivity index (χ2n) is 7.57. The number of likely N-dealkylation sites (N-methyl/N-ethyl adjacent to an activating group) is 2. The highest BCUT2D eigenvalue weighted by Crippen LogP contribution is 2.31. The third kappa shape index (κ3) is 5.02. The normalized spacial score (nSPS) is 15.3. The van der Waals surface area contributed by atoms with Gasteiger partial charge in [-0.05, 0) is 45.5 Å². The lowest BCUT2D eigenvalue weighted by atomic mass is 10.1. The number of benzene rings is 1. The van der Waals surface area contributed by atoms with Gasteiger partial charge in [0.25, 0.3) is 0 Å². The Balaban J connectivity index is 1.67. The van der Waals surface area contributed by atoms with E-state index < -0.39 is 0 Å². The number of aryl methyl sites for hydroxylation is 1. The van der Waals surface area contributed by atoms with Gasteiger partial charge in [0.1, 0.15) is 6.61 Å². The summed E-state index contributed by atoms with van der Waals surface area (Å²) in [6.45, 7) is 10.5. The predicted molar refractivity (Wildman–Crippen MR) is 115 cm³/mol. The van der Waals surface area contributed by atoms with E-state index in [4.69, 9.17) is 9.47 Å². The maximum Gasteiger partial charge on any atom is 0.234 e. The molecule has 1 aromatic heterocycles. The van der Waals surface area contributed by atoms with E-state index in [1.165, 1.54) is 0 Å². The number of ketones is 1. The van der Waals surface area contributed by atoms with Crippen molar-refractivity contribution in [1.82, 2.24) is 14.8 Å². The molecule has 1 aliphatic rings. The maximum atomic E-state index is 13.0. The molecule has 1 aromatic carbocycles. The number of hydrogen-bond acceptors (Lipinski definition) is 5. The molecule has 0 saturated heterocycles. The standard InChI is InChI=1S/C23H31N3O4/c1-5-24-23(28)14-25(6-2)13-20(27)19-11-16(3)26(17(19)4)12-18-15-29-21-9-7-8-10-22(21)30-18/h7-11,18H,5-6,12-15H2,1-4H3,(H,24,28)/t18-/m0/s1. The minimum Gasteiger partial charge on any atom is -0.486 e. The number of nitrogens with zero attached hydrogens (tertiary/aromatic N) is 2. The van der Waals surface area contributed by atoms with Crippen molar-refractivity contribution in [2.45, 2.75) is 40.3 Å². The molecule has 1 atom stereocenters. The van der Waals surface area contributed by atoms with Crippen LogP contribution in [0.15, 0.2) is 30.3 Å². The molecule has 0 saturated carbocycles. The summed E-state index contributed by atoms with van der Waals surface area (Å²) in [5.74, 6) is 1.47. The van der Waals surface area contributed by atoms with Crippen molar-refractivity contribution in [3.8, 4) is 11.5 Å². The zero-order valence-corrected chi connectivity index (χ0v) is 18.2. The Morgan fingerprint density at radius 2 is 1.90 bits per heavy atom. The Bertz CT molecular complexity index is 906. The van der Waals surface area contributed by atoms with Gasteiger partial charge in [0.2, 0.25) is 5.91 Å². The van der Waals surface area contributed by atoms with Gasteiger partial charge in [-0.2, -0.15) is 0 Å². The summed E-state index contributed by atoms with van der Waals surface area (Å²) in [6, 6.07) is 9.57. The smallest absolute Gasteiger partial charge is 0.234 e. The molecule has 30 heavy (non-hydrogen) atoms. The molecule has 0 bridgehead atoms. The molecule has 1 N–H and O–H groups in total. The van der Waals surface area contributed by atoms with Crippen LogP contribution >= 0.6 is 0 Å². The predicted octanol–water partition coefficient (Wildman–Crippen LogP) is 2.59. The van der Waals surface area contributed by atoms with Crippen LogP contribution in [0.25, 0.3) is 0 Å². The Kier molecular flexibility index (Phi) is 7.15. The van der Waals surface area contributed by atoms with E-state index in [1.807, 2.05) is 62.9 Å². The van der Waals surface area contributed by atoms with Crippen LogP contribution in [0.2, 0.25) is 0 Å². The Morgan fingerprint density at radius 1 is 1.17 bits per heavy atom. The molecule has 1 aliphatic heterocycles. The fraction of sp³-hybridized carbons (Fsp3) is 0.478. The van der Waals surface area contributed by atoms with Crippen LogP contribution in [0, 0.1) is 13.8 Å². The second kappa shape index (κ2) is 9.80. The minimum atomic E-state index is -0.127. The summed E-state index contributed by atoms with van der Waals surface area (Å²) >= 11 is 0. The fourth-order valence-corrected chi connectivity index (χ4v) is 3.74. The largest absolute Gasteiger partial charge is 0.486 e. The van der Waals surface area contributed by atoms with Crippen molar-refractivity contribution in [3.05, 3.63) is 47.3 Å². The molecule has 3 rings (SSSR count).